The lowest BCUT2D eigenvalue weighted by Gasteiger charge is -2.35. The van der Waals surface area contributed by atoms with Gasteiger partial charge in [0.05, 0.1) is 5.54 Å². The Balaban J connectivity index is 1.90. The lowest BCUT2D eigenvalue weighted by Crippen LogP contribution is -2.57. The number of hydrogen-bond donors (Lipinski definition) is 2. The predicted molar refractivity (Wildman–Crippen MR) is 69.4 cm³/mol. The molecule has 0 aromatic heterocycles. The molecule has 2 aliphatic rings. The predicted octanol–water partition coefficient (Wildman–Crippen LogP) is 2.05. The van der Waals surface area contributed by atoms with Gasteiger partial charge in [-0.3, -0.25) is 4.79 Å². The highest BCUT2D eigenvalue weighted by Gasteiger charge is 2.44. The van der Waals surface area contributed by atoms with E-state index < -0.39 is 5.54 Å². The van der Waals surface area contributed by atoms with Crippen molar-refractivity contribution in [1.82, 2.24) is 5.32 Å². The molecule has 4 unspecified atom stereocenters. The van der Waals surface area contributed by atoms with Gasteiger partial charge in [0.1, 0.15) is 0 Å². The second-order valence-electron chi connectivity index (χ2n) is 6.53. The fourth-order valence-corrected chi connectivity index (χ4v) is 3.07. The van der Waals surface area contributed by atoms with Crippen molar-refractivity contribution in [2.24, 2.45) is 23.5 Å². The quantitative estimate of drug-likeness (QED) is 0.790. The molecule has 2 aliphatic carbocycles. The van der Waals surface area contributed by atoms with Gasteiger partial charge in [-0.1, -0.05) is 13.8 Å². The van der Waals surface area contributed by atoms with E-state index in [0.717, 1.165) is 25.2 Å². The zero-order valence-corrected chi connectivity index (χ0v) is 11.3. The second kappa shape index (κ2) is 4.60. The fourth-order valence-electron chi connectivity index (χ4n) is 3.07. The Kier molecular flexibility index (Phi) is 3.48. The van der Waals surface area contributed by atoms with Crippen molar-refractivity contribution in [3.8, 4) is 0 Å². The van der Waals surface area contributed by atoms with E-state index in [4.69, 9.17) is 5.73 Å². The van der Waals surface area contributed by atoms with E-state index in [-0.39, 0.29) is 5.91 Å². The molecule has 1 amide bonds. The minimum absolute atomic E-state index is 0.0615. The maximum absolute atomic E-state index is 12.2. The van der Waals surface area contributed by atoms with Gasteiger partial charge in [-0.15, -0.1) is 0 Å². The van der Waals surface area contributed by atoms with Gasteiger partial charge in [0.25, 0.3) is 0 Å². The highest BCUT2D eigenvalue weighted by Crippen LogP contribution is 2.38. The summed E-state index contributed by atoms with van der Waals surface area (Å²) in [6, 6.07) is 0.334. The Morgan fingerprint density at radius 1 is 1.24 bits per heavy atom. The molecule has 4 atom stereocenters. The molecular weight excluding hydrogens is 212 g/mol. The first-order valence-corrected chi connectivity index (χ1v) is 7.01. The summed E-state index contributed by atoms with van der Waals surface area (Å²) < 4.78 is 0. The van der Waals surface area contributed by atoms with Crippen LogP contribution in [-0.4, -0.2) is 17.5 Å². The lowest BCUT2D eigenvalue weighted by molar-refractivity contribution is -0.127. The van der Waals surface area contributed by atoms with Crippen LogP contribution < -0.4 is 11.1 Å². The molecule has 2 saturated carbocycles. The highest BCUT2D eigenvalue weighted by atomic mass is 16.2. The van der Waals surface area contributed by atoms with Gasteiger partial charge in [-0.2, -0.15) is 0 Å². The number of hydrogen-bond acceptors (Lipinski definition) is 2. The van der Waals surface area contributed by atoms with Crippen LogP contribution in [0.15, 0.2) is 0 Å². The van der Waals surface area contributed by atoms with Gasteiger partial charge in [0.2, 0.25) is 5.91 Å². The third kappa shape index (κ3) is 2.82. The van der Waals surface area contributed by atoms with Gasteiger partial charge >= 0.3 is 0 Å². The SMILES string of the molecule is CC1CCC(NC(=O)C(C)(N)C2CC2)C(C)C1. The molecule has 2 fully saturated rings. The largest absolute Gasteiger partial charge is 0.352 e. The maximum Gasteiger partial charge on any atom is 0.240 e. The maximum atomic E-state index is 12.2. The third-order valence-electron chi connectivity index (χ3n) is 4.66. The van der Waals surface area contributed by atoms with Crippen LogP contribution in [0.25, 0.3) is 0 Å². The van der Waals surface area contributed by atoms with Crippen molar-refractivity contribution in [3.05, 3.63) is 0 Å². The third-order valence-corrected chi connectivity index (χ3v) is 4.66. The fraction of sp³-hybridized carbons (Fsp3) is 0.929. The van der Waals surface area contributed by atoms with Crippen LogP contribution in [0.1, 0.15) is 52.9 Å². The number of nitrogens with two attached hydrogens (primary N) is 1. The summed E-state index contributed by atoms with van der Waals surface area (Å²) in [6.07, 6.45) is 5.76. The molecule has 17 heavy (non-hydrogen) atoms. The van der Waals surface area contributed by atoms with Gasteiger partial charge in [0.15, 0.2) is 0 Å². The highest BCUT2D eigenvalue weighted by molar-refractivity contribution is 5.86. The zero-order chi connectivity index (χ0) is 12.6. The molecule has 3 heteroatoms. The van der Waals surface area contributed by atoms with Crippen molar-refractivity contribution in [3.63, 3.8) is 0 Å². The van der Waals surface area contributed by atoms with E-state index in [9.17, 15) is 4.79 Å². The molecule has 0 radical (unpaired) electrons. The lowest BCUT2D eigenvalue weighted by atomic mass is 9.79. The Bertz CT molecular complexity index is 297. The Morgan fingerprint density at radius 3 is 2.41 bits per heavy atom. The smallest absolute Gasteiger partial charge is 0.240 e. The van der Waals surface area contributed by atoms with Crippen LogP contribution in [0.5, 0.6) is 0 Å². The van der Waals surface area contributed by atoms with E-state index >= 15 is 0 Å². The molecule has 0 heterocycles. The van der Waals surface area contributed by atoms with Crippen molar-refractivity contribution >= 4 is 5.91 Å². The molecule has 0 bridgehead atoms. The summed E-state index contributed by atoms with van der Waals surface area (Å²) >= 11 is 0. The molecule has 98 valence electrons. The monoisotopic (exact) mass is 238 g/mol. The normalized spacial score (nSPS) is 37.3. The topological polar surface area (TPSA) is 55.1 Å². The average molecular weight is 238 g/mol. The molecule has 0 aliphatic heterocycles. The molecule has 0 saturated heterocycles. The van der Waals surface area contributed by atoms with Crippen molar-refractivity contribution < 1.29 is 4.79 Å². The first-order valence-electron chi connectivity index (χ1n) is 7.01. The van der Waals surface area contributed by atoms with E-state index in [1.165, 1.54) is 12.8 Å². The van der Waals surface area contributed by atoms with Crippen LogP contribution in [0.3, 0.4) is 0 Å². The van der Waals surface area contributed by atoms with Crippen LogP contribution >= 0.6 is 0 Å². The minimum atomic E-state index is -0.650. The molecule has 0 aromatic rings. The Labute approximate surface area is 105 Å². The standard InChI is InChI=1S/C14H26N2O/c1-9-4-7-12(10(2)8-9)16-13(17)14(3,15)11-5-6-11/h9-12H,4-8,15H2,1-3H3,(H,16,17). The Hall–Kier alpha value is -0.570. The minimum Gasteiger partial charge on any atom is -0.352 e. The molecule has 0 aromatic carbocycles. The molecule has 3 nitrogen and oxygen atoms in total. The molecule has 0 spiro atoms. The summed E-state index contributed by atoms with van der Waals surface area (Å²) in [4.78, 5) is 12.2. The first-order chi connectivity index (χ1) is 7.91. The molecule has 2 rings (SSSR count). The molecular formula is C14H26N2O. The summed E-state index contributed by atoms with van der Waals surface area (Å²) in [6.45, 7) is 6.42. The van der Waals surface area contributed by atoms with E-state index in [1.807, 2.05) is 6.92 Å². The number of rotatable bonds is 3. The number of carbonyl (C=O) groups excluding carboxylic acids is 1. The summed E-state index contributed by atoms with van der Waals surface area (Å²) in [7, 11) is 0. The van der Waals surface area contributed by atoms with E-state index in [2.05, 4.69) is 19.2 Å². The zero-order valence-electron chi connectivity index (χ0n) is 11.3. The van der Waals surface area contributed by atoms with Crippen molar-refractivity contribution in [1.29, 1.82) is 0 Å². The van der Waals surface area contributed by atoms with Crippen molar-refractivity contribution in [2.45, 2.75) is 64.5 Å². The summed E-state index contributed by atoms with van der Waals surface area (Å²) in [5.41, 5.74) is 5.49. The number of amides is 1. The van der Waals surface area contributed by atoms with Crippen LogP contribution in [-0.2, 0) is 4.79 Å². The number of carbonyl (C=O) groups is 1. The Morgan fingerprint density at radius 2 is 1.88 bits per heavy atom. The van der Waals surface area contributed by atoms with Crippen LogP contribution in [0, 0.1) is 17.8 Å². The molecule has 3 N–H and O–H groups in total. The van der Waals surface area contributed by atoms with E-state index in [0.29, 0.717) is 17.9 Å². The summed E-state index contributed by atoms with van der Waals surface area (Å²) in [5, 5.41) is 3.19. The summed E-state index contributed by atoms with van der Waals surface area (Å²) in [5.74, 6) is 1.84. The second-order valence-corrected chi connectivity index (χ2v) is 6.53. The first kappa shape index (κ1) is 12.9. The van der Waals surface area contributed by atoms with Gasteiger partial charge < -0.3 is 11.1 Å². The van der Waals surface area contributed by atoms with Gasteiger partial charge in [-0.25, -0.2) is 0 Å². The van der Waals surface area contributed by atoms with Crippen LogP contribution in [0.2, 0.25) is 0 Å². The number of nitrogens with one attached hydrogen (secondary N) is 1. The average Bonchev–Trinajstić information content (AvgIpc) is 3.05. The van der Waals surface area contributed by atoms with Crippen molar-refractivity contribution in [2.75, 3.05) is 0 Å². The van der Waals surface area contributed by atoms with Gasteiger partial charge in [0, 0.05) is 6.04 Å². The van der Waals surface area contributed by atoms with Crippen LogP contribution in [0.4, 0.5) is 0 Å². The van der Waals surface area contributed by atoms with E-state index in [1.54, 1.807) is 0 Å². The van der Waals surface area contributed by atoms with Gasteiger partial charge in [-0.05, 0) is 56.8 Å².